The highest BCUT2D eigenvalue weighted by Gasteiger charge is 2.28. The van der Waals surface area contributed by atoms with Crippen LogP contribution in [0.2, 0.25) is 0 Å². The standard InChI is InChI=1S/C17H21NO/c1-17(2,18)16(13-7-5-4-6-8-13)14-9-11-15(19-3)12-10-14/h4-12,16H,18H2,1-3H3. The molecule has 100 valence electrons. The maximum Gasteiger partial charge on any atom is 0.118 e. The van der Waals surface area contributed by atoms with E-state index in [0.29, 0.717) is 0 Å². The smallest absolute Gasteiger partial charge is 0.118 e. The van der Waals surface area contributed by atoms with Crippen molar-refractivity contribution in [1.82, 2.24) is 0 Å². The number of hydrogen-bond acceptors (Lipinski definition) is 2. The molecule has 0 aliphatic heterocycles. The minimum absolute atomic E-state index is 0.166. The summed E-state index contributed by atoms with van der Waals surface area (Å²) < 4.78 is 5.21. The highest BCUT2D eigenvalue weighted by atomic mass is 16.5. The van der Waals surface area contributed by atoms with E-state index in [4.69, 9.17) is 10.5 Å². The first-order valence-corrected chi connectivity index (χ1v) is 6.50. The maximum absolute atomic E-state index is 6.38. The van der Waals surface area contributed by atoms with Crippen LogP contribution in [0.1, 0.15) is 30.9 Å². The Bertz CT molecular complexity index is 511. The minimum atomic E-state index is -0.323. The van der Waals surface area contributed by atoms with E-state index < -0.39 is 0 Å². The molecule has 1 atom stereocenters. The van der Waals surface area contributed by atoms with E-state index >= 15 is 0 Å². The minimum Gasteiger partial charge on any atom is -0.497 e. The molecule has 0 fully saturated rings. The Morgan fingerprint density at radius 2 is 1.42 bits per heavy atom. The Hall–Kier alpha value is -1.80. The van der Waals surface area contributed by atoms with Gasteiger partial charge in [0, 0.05) is 11.5 Å². The van der Waals surface area contributed by atoms with Gasteiger partial charge in [-0.2, -0.15) is 0 Å². The zero-order chi connectivity index (χ0) is 13.9. The van der Waals surface area contributed by atoms with E-state index in [9.17, 15) is 0 Å². The quantitative estimate of drug-likeness (QED) is 0.906. The third kappa shape index (κ3) is 3.15. The van der Waals surface area contributed by atoms with Crippen molar-refractivity contribution in [3.8, 4) is 5.75 Å². The molecule has 0 bridgehead atoms. The normalized spacial score (nSPS) is 13.1. The molecule has 0 aromatic heterocycles. The molecule has 0 spiro atoms. The Balaban J connectivity index is 2.43. The molecule has 2 aromatic rings. The SMILES string of the molecule is COc1ccc(C(c2ccccc2)C(C)(C)N)cc1. The van der Waals surface area contributed by atoms with Crippen molar-refractivity contribution in [3.63, 3.8) is 0 Å². The van der Waals surface area contributed by atoms with Crippen molar-refractivity contribution >= 4 is 0 Å². The van der Waals surface area contributed by atoms with Crippen molar-refractivity contribution < 1.29 is 4.74 Å². The molecule has 0 aliphatic rings. The van der Waals surface area contributed by atoms with Gasteiger partial charge >= 0.3 is 0 Å². The van der Waals surface area contributed by atoms with Gasteiger partial charge in [-0.15, -0.1) is 0 Å². The fraction of sp³-hybridized carbons (Fsp3) is 0.294. The van der Waals surface area contributed by atoms with Gasteiger partial charge in [0.25, 0.3) is 0 Å². The van der Waals surface area contributed by atoms with Crippen LogP contribution in [0.25, 0.3) is 0 Å². The molecular formula is C17H21NO. The van der Waals surface area contributed by atoms with E-state index in [1.54, 1.807) is 7.11 Å². The first kappa shape index (κ1) is 13.6. The Kier molecular flexibility index (Phi) is 3.91. The maximum atomic E-state index is 6.38. The average molecular weight is 255 g/mol. The van der Waals surface area contributed by atoms with Crippen molar-refractivity contribution in [2.45, 2.75) is 25.3 Å². The lowest BCUT2D eigenvalue weighted by Gasteiger charge is -2.31. The van der Waals surface area contributed by atoms with Crippen LogP contribution in [-0.4, -0.2) is 12.6 Å². The molecule has 1 unspecified atom stereocenters. The van der Waals surface area contributed by atoms with Gasteiger partial charge in [-0.05, 0) is 37.1 Å². The van der Waals surface area contributed by atoms with Crippen LogP contribution in [0.15, 0.2) is 54.6 Å². The molecule has 0 amide bonds. The van der Waals surface area contributed by atoms with Gasteiger partial charge in [0.15, 0.2) is 0 Å². The third-order valence-electron chi connectivity index (χ3n) is 3.33. The molecule has 2 nitrogen and oxygen atoms in total. The lowest BCUT2D eigenvalue weighted by molar-refractivity contribution is 0.413. The van der Waals surface area contributed by atoms with E-state index in [1.807, 2.05) is 18.2 Å². The summed E-state index contributed by atoms with van der Waals surface area (Å²) in [6.45, 7) is 4.13. The average Bonchev–Trinajstić information content (AvgIpc) is 2.39. The summed E-state index contributed by atoms with van der Waals surface area (Å²) in [7, 11) is 1.68. The summed E-state index contributed by atoms with van der Waals surface area (Å²) in [4.78, 5) is 0. The van der Waals surface area contributed by atoms with Crippen molar-refractivity contribution in [3.05, 3.63) is 65.7 Å². The zero-order valence-electron chi connectivity index (χ0n) is 11.8. The predicted octanol–water partition coefficient (Wildman–Crippen LogP) is 3.56. The van der Waals surface area contributed by atoms with Crippen LogP contribution in [0, 0.1) is 0 Å². The van der Waals surface area contributed by atoms with Gasteiger partial charge in [0.05, 0.1) is 7.11 Å². The molecule has 0 saturated carbocycles. The number of rotatable bonds is 4. The van der Waals surface area contributed by atoms with Crippen LogP contribution in [0.3, 0.4) is 0 Å². The fourth-order valence-corrected chi connectivity index (χ4v) is 2.49. The first-order valence-electron chi connectivity index (χ1n) is 6.50. The van der Waals surface area contributed by atoms with Gasteiger partial charge in [-0.1, -0.05) is 42.5 Å². The molecule has 2 rings (SSSR count). The second-order valence-electron chi connectivity index (χ2n) is 5.44. The Morgan fingerprint density at radius 3 is 1.89 bits per heavy atom. The summed E-state index contributed by atoms with van der Waals surface area (Å²) in [5.74, 6) is 1.03. The molecule has 19 heavy (non-hydrogen) atoms. The third-order valence-corrected chi connectivity index (χ3v) is 3.33. The van der Waals surface area contributed by atoms with Crippen molar-refractivity contribution in [1.29, 1.82) is 0 Å². The molecule has 0 radical (unpaired) electrons. The predicted molar refractivity (Wildman–Crippen MR) is 79.5 cm³/mol. The molecule has 0 saturated heterocycles. The van der Waals surface area contributed by atoms with Gasteiger partial charge in [0.2, 0.25) is 0 Å². The molecule has 2 N–H and O–H groups in total. The highest BCUT2D eigenvalue weighted by molar-refractivity contribution is 5.38. The Morgan fingerprint density at radius 1 is 0.895 bits per heavy atom. The summed E-state index contributed by atoms with van der Waals surface area (Å²) >= 11 is 0. The summed E-state index contributed by atoms with van der Waals surface area (Å²) in [5, 5.41) is 0. The van der Waals surface area contributed by atoms with Gasteiger partial charge in [0.1, 0.15) is 5.75 Å². The van der Waals surface area contributed by atoms with Crippen LogP contribution in [0.4, 0.5) is 0 Å². The van der Waals surface area contributed by atoms with Gasteiger partial charge < -0.3 is 10.5 Å². The van der Waals surface area contributed by atoms with Gasteiger partial charge in [-0.3, -0.25) is 0 Å². The second kappa shape index (κ2) is 5.45. The van der Waals surface area contributed by atoms with Crippen molar-refractivity contribution in [2.75, 3.05) is 7.11 Å². The molecule has 0 aliphatic carbocycles. The van der Waals surface area contributed by atoms with E-state index in [0.717, 1.165) is 5.75 Å². The highest BCUT2D eigenvalue weighted by Crippen LogP contribution is 2.33. The molecule has 2 aromatic carbocycles. The lowest BCUT2D eigenvalue weighted by Crippen LogP contribution is -2.39. The van der Waals surface area contributed by atoms with Crippen molar-refractivity contribution in [2.24, 2.45) is 5.73 Å². The summed E-state index contributed by atoms with van der Waals surface area (Å²) in [5.41, 5.74) is 8.50. The summed E-state index contributed by atoms with van der Waals surface area (Å²) in [6, 6.07) is 18.5. The Labute approximate surface area is 115 Å². The number of hydrogen-bond donors (Lipinski definition) is 1. The number of methoxy groups -OCH3 is 1. The van der Waals surface area contributed by atoms with E-state index in [1.165, 1.54) is 11.1 Å². The van der Waals surface area contributed by atoms with Crippen LogP contribution >= 0.6 is 0 Å². The molecule has 0 heterocycles. The van der Waals surface area contributed by atoms with Crippen LogP contribution < -0.4 is 10.5 Å². The molecule has 2 heteroatoms. The van der Waals surface area contributed by atoms with Crippen LogP contribution in [-0.2, 0) is 0 Å². The number of benzene rings is 2. The largest absolute Gasteiger partial charge is 0.497 e. The van der Waals surface area contributed by atoms with E-state index in [2.05, 4.69) is 50.2 Å². The van der Waals surface area contributed by atoms with E-state index in [-0.39, 0.29) is 11.5 Å². The topological polar surface area (TPSA) is 35.2 Å². The lowest BCUT2D eigenvalue weighted by atomic mass is 9.78. The second-order valence-corrected chi connectivity index (χ2v) is 5.44. The summed E-state index contributed by atoms with van der Waals surface area (Å²) in [6.07, 6.45) is 0. The fourth-order valence-electron chi connectivity index (χ4n) is 2.49. The number of ether oxygens (including phenoxy) is 1. The van der Waals surface area contributed by atoms with Crippen LogP contribution in [0.5, 0.6) is 5.75 Å². The first-order chi connectivity index (χ1) is 9.02. The van der Waals surface area contributed by atoms with Gasteiger partial charge in [-0.25, -0.2) is 0 Å². The molecular weight excluding hydrogens is 234 g/mol. The number of nitrogens with two attached hydrogens (primary N) is 1. The monoisotopic (exact) mass is 255 g/mol. The zero-order valence-corrected chi connectivity index (χ0v) is 11.8.